The van der Waals surface area contributed by atoms with E-state index in [1.54, 1.807) is 0 Å². The molecule has 1 saturated carbocycles. The van der Waals surface area contributed by atoms with Crippen LogP contribution in [-0.4, -0.2) is 34.8 Å². The maximum Gasteiger partial charge on any atom is 0.0869 e. The van der Waals surface area contributed by atoms with Crippen LogP contribution in [0, 0.1) is 11.8 Å². The monoisotopic (exact) mass is 257 g/mol. The molecule has 3 atom stereocenters. The topological polar surface area (TPSA) is 32.3 Å². The second-order valence-corrected chi connectivity index (χ2v) is 7.31. The van der Waals surface area contributed by atoms with Gasteiger partial charge in [-0.1, -0.05) is 26.7 Å². The molecule has 0 radical (unpaired) electrons. The lowest BCUT2D eigenvalue weighted by atomic mass is 9.77. The molecule has 0 spiro atoms. The third kappa shape index (κ3) is 3.62. The summed E-state index contributed by atoms with van der Waals surface area (Å²) in [5.74, 6) is 3.61. The van der Waals surface area contributed by atoms with Gasteiger partial charge in [0.1, 0.15) is 0 Å². The van der Waals surface area contributed by atoms with Gasteiger partial charge in [-0.25, -0.2) is 0 Å². The van der Waals surface area contributed by atoms with E-state index in [0.29, 0.717) is 6.04 Å². The Morgan fingerprint density at radius 1 is 1.35 bits per heavy atom. The third-order valence-electron chi connectivity index (χ3n) is 4.45. The number of aliphatic hydroxyl groups is 1. The Kier molecular flexibility index (Phi) is 4.79. The molecule has 17 heavy (non-hydrogen) atoms. The highest BCUT2D eigenvalue weighted by atomic mass is 32.2. The van der Waals surface area contributed by atoms with Gasteiger partial charge in [0.25, 0.3) is 0 Å². The molecule has 0 amide bonds. The lowest BCUT2D eigenvalue weighted by molar-refractivity contribution is 0.0567. The lowest BCUT2D eigenvalue weighted by Crippen LogP contribution is -2.48. The summed E-state index contributed by atoms with van der Waals surface area (Å²) in [5.41, 5.74) is -0.427. The summed E-state index contributed by atoms with van der Waals surface area (Å²) in [6.07, 6.45) is 6.37. The Labute approximate surface area is 110 Å². The average Bonchev–Trinajstić information content (AvgIpc) is 2.74. The minimum atomic E-state index is -0.427. The van der Waals surface area contributed by atoms with Gasteiger partial charge < -0.3 is 10.4 Å². The molecule has 1 aliphatic carbocycles. The molecule has 3 unspecified atom stereocenters. The minimum Gasteiger partial charge on any atom is -0.388 e. The van der Waals surface area contributed by atoms with E-state index in [9.17, 15) is 5.11 Å². The highest BCUT2D eigenvalue weighted by molar-refractivity contribution is 7.99. The first kappa shape index (κ1) is 13.7. The van der Waals surface area contributed by atoms with E-state index >= 15 is 0 Å². The number of hydrogen-bond donors (Lipinski definition) is 2. The van der Waals surface area contributed by atoms with E-state index in [1.807, 2.05) is 11.8 Å². The molecule has 1 aliphatic heterocycles. The first-order valence-electron chi connectivity index (χ1n) is 7.14. The van der Waals surface area contributed by atoms with Crippen LogP contribution in [0.15, 0.2) is 0 Å². The normalized spacial score (nSPS) is 38.8. The van der Waals surface area contributed by atoms with Crippen molar-refractivity contribution in [3.63, 3.8) is 0 Å². The molecule has 2 fully saturated rings. The summed E-state index contributed by atoms with van der Waals surface area (Å²) in [5, 5.41) is 14.0. The summed E-state index contributed by atoms with van der Waals surface area (Å²) in [7, 11) is 0. The van der Waals surface area contributed by atoms with Gasteiger partial charge in [0.05, 0.1) is 5.60 Å². The Morgan fingerprint density at radius 3 is 2.76 bits per heavy atom. The summed E-state index contributed by atoms with van der Waals surface area (Å²) in [4.78, 5) is 0. The van der Waals surface area contributed by atoms with Crippen molar-refractivity contribution < 1.29 is 5.11 Å². The third-order valence-corrected chi connectivity index (χ3v) is 5.69. The van der Waals surface area contributed by atoms with E-state index in [0.717, 1.165) is 36.3 Å². The van der Waals surface area contributed by atoms with Gasteiger partial charge in [-0.2, -0.15) is 11.8 Å². The standard InChI is InChI=1S/C14H27NOS/c1-11(2)12-5-3-4-6-13(12)15-9-14(16)7-8-17-10-14/h11-13,15-16H,3-10H2,1-2H3. The SMILES string of the molecule is CC(C)C1CCCCC1NCC1(O)CCSC1. The first-order chi connectivity index (χ1) is 8.11. The van der Waals surface area contributed by atoms with Crippen LogP contribution in [0.25, 0.3) is 0 Å². The number of rotatable bonds is 4. The fourth-order valence-electron chi connectivity index (χ4n) is 3.27. The molecule has 2 nitrogen and oxygen atoms in total. The van der Waals surface area contributed by atoms with Crippen molar-refractivity contribution in [2.75, 3.05) is 18.1 Å². The molecule has 3 heteroatoms. The van der Waals surface area contributed by atoms with Crippen molar-refractivity contribution in [3.05, 3.63) is 0 Å². The van der Waals surface area contributed by atoms with Gasteiger partial charge in [-0.15, -0.1) is 0 Å². The Balaban J connectivity index is 1.83. The summed E-state index contributed by atoms with van der Waals surface area (Å²) in [6.45, 7) is 5.48. The summed E-state index contributed by atoms with van der Waals surface area (Å²) in [6, 6.07) is 0.637. The van der Waals surface area contributed by atoms with Crippen molar-refractivity contribution in [2.24, 2.45) is 11.8 Å². The van der Waals surface area contributed by atoms with Crippen LogP contribution >= 0.6 is 11.8 Å². The zero-order chi connectivity index (χ0) is 12.3. The van der Waals surface area contributed by atoms with E-state index in [4.69, 9.17) is 0 Å². The van der Waals surface area contributed by atoms with Gasteiger partial charge in [0.2, 0.25) is 0 Å². The van der Waals surface area contributed by atoms with Gasteiger partial charge in [0, 0.05) is 18.3 Å². The van der Waals surface area contributed by atoms with Crippen LogP contribution in [0.3, 0.4) is 0 Å². The highest BCUT2D eigenvalue weighted by Gasteiger charge is 2.34. The molecular weight excluding hydrogens is 230 g/mol. The lowest BCUT2D eigenvalue weighted by Gasteiger charge is -2.37. The minimum absolute atomic E-state index is 0.427. The summed E-state index contributed by atoms with van der Waals surface area (Å²) >= 11 is 1.88. The predicted molar refractivity (Wildman–Crippen MR) is 75.5 cm³/mol. The number of hydrogen-bond acceptors (Lipinski definition) is 3. The van der Waals surface area contributed by atoms with E-state index < -0.39 is 5.60 Å². The molecule has 2 N–H and O–H groups in total. The second-order valence-electron chi connectivity index (χ2n) is 6.21. The van der Waals surface area contributed by atoms with Crippen molar-refractivity contribution in [1.82, 2.24) is 5.32 Å². The highest BCUT2D eigenvalue weighted by Crippen LogP contribution is 2.32. The molecule has 0 aromatic carbocycles. The maximum atomic E-state index is 10.4. The molecule has 2 aliphatic rings. The van der Waals surface area contributed by atoms with Gasteiger partial charge >= 0.3 is 0 Å². The molecule has 100 valence electrons. The number of nitrogens with one attached hydrogen (secondary N) is 1. The molecule has 0 aromatic heterocycles. The van der Waals surface area contributed by atoms with Crippen LogP contribution in [0.2, 0.25) is 0 Å². The van der Waals surface area contributed by atoms with Crippen molar-refractivity contribution in [1.29, 1.82) is 0 Å². The molecule has 1 heterocycles. The predicted octanol–water partition coefficient (Wildman–Crippen LogP) is 2.66. The molecular formula is C14H27NOS. The molecule has 2 rings (SSSR count). The second kappa shape index (κ2) is 5.94. The fourth-order valence-corrected chi connectivity index (χ4v) is 4.56. The van der Waals surface area contributed by atoms with Gasteiger partial charge in [0.15, 0.2) is 0 Å². The van der Waals surface area contributed by atoms with Gasteiger partial charge in [-0.05, 0) is 36.9 Å². The van der Waals surface area contributed by atoms with Crippen LogP contribution in [-0.2, 0) is 0 Å². The van der Waals surface area contributed by atoms with E-state index in [-0.39, 0.29) is 0 Å². The number of thioether (sulfide) groups is 1. The average molecular weight is 257 g/mol. The van der Waals surface area contributed by atoms with Crippen molar-refractivity contribution >= 4 is 11.8 Å². The largest absolute Gasteiger partial charge is 0.388 e. The van der Waals surface area contributed by atoms with Crippen LogP contribution in [0.4, 0.5) is 0 Å². The summed E-state index contributed by atoms with van der Waals surface area (Å²) < 4.78 is 0. The Hall–Kier alpha value is 0.270. The zero-order valence-electron chi connectivity index (χ0n) is 11.2. The van der Waals surface area contributed by atoms with E-state index in [1.165, 1.54) is 25.7 Å². The zero-order valence-corrected chi connectivity index (χ0v) is 12.1. The Morgan fingerprint density at radius 2 is 2.12 bits per heavy atom. The Bertz CT molecular complexity index is 238. The first-order valence-corrected chi connectivity index (χ1v) is 8.30. The van der Waals surface area contributed by atoms with Crippen LogP contribution in [0.1, 0.15) is 46.0 Å². The smallest absolute Gasteiger partial charge is 0.0869 e. The molecule has 0 bridgehead atoms. The van der Waals surface area contributed by atoms with Crippen molar-refractivity contribution in [3.8, 4) is 0 Å². The van der Waals surface area contributed by atoms with Gasteiger partial charge in [-0.3, -0.25) is 0 Å². The van der Waals surface area contributed by atoms with Crippen molar-refractivity contribution in [2.45, 2.75) is 57.6 Å². The van der Waals surface area contributed by atoms with Crippen LogP contribution in [0.5, 0.6) is 0 Å². The fraction of sp³-hybridized carbons (Fsp3) is 1.00. The van der Waals surface area contributed by atoms with Crippen LogP contribution < -0.4 is 5.32 Å². The van der Waals surface area contributed by atoms with E-state index in [2.05, 4.69) is 19.2 Å². The molecule has 1 saturated heterocycles. The maximum absolute atomic E-state index is 10.4. The molecule has 0 aromatic rings. The quantitative estimate of drug-likeness (QED) is 0.812.